The number of amides is 2. The Kier molecular flexibility index (Phi) is 6.52. The molecule has 154 valence electrons. The van der Waals surface area contributed by atoms with Gasteiger partial charge in [0.2, 0.25) is 0 Å². The summed E-state index contributed by atoms with van der Waals surface area (Å²) >= 11 is 0. The van der Waals surface area contributed by atoms with Crippen LogP contribution in [-0.4, -0.2) is 11.8 Å². The van der Waals surface area contributed by atoms with Crippen LogP contribution in [0.15, 0.2) is 71.0 Å². The first-order chi connectivity index (χ1) is 14.3. The highest BCUT2D eigenvalue weighted by atomic mass is 16.3. The zero-order chi connectivity index (χ0) is 21.7. The van der Waals surface area contributed by atoms with E-state index in [0.717, 1.165) is 16.7 Å². The molecular weight excluding hydrogens is 376 g/mol. The van der Waals surface area contributed by atoms with Crippen LogP contribution in [0, 0.1) is 20.8 Å². The topological polar surface area (TPSA) is 71.3 Å². The molecule has 0 fully saturated rings. The molecule has 5 heteroatoms. The Hall–Kier alpha value is -3.60. The minimum Gasteiger partial charge on any atom is -0.465 e. The van der Waals surface area contributed by atoms with Gasteiger partial charge in [0, 0.05) is 11.6 Å². The summed E-state index contributed by atoms with van der Waals surface area (Å²) in [6, 6.07) is 16.5. The van der Waals surface area contributed by atoms with Crippen molar-refractivity contribution in [3.63, 3.8) is 0 Å². The summed E-state index contributed by atoms with van der Waals surface area (Å²) in [5.74, 6) is -0.273. The van der Waals surface area contributed by atoms with Crippen molar-refractivity contribution < 1.29 is 14.0 Å². The summed E-state index contributed by atoms with van der Waals surface area (Å²) in [6.45, 7) is 7.92. The van der Waals surface area contributed by atoms with Gasteiger partial charge in [-0.3, -0.25) is 9.59 Å². The first-order valence-electron chi connectivity index (χ1n) is 9.84. The highest BCUT2D eigenvalue weighted by Gasteiger charge is 2.18. The predicted octanol–water partition coefficient (Wildman–Crippen LogP) is 4.85. The Labute approximate surface area is 176 Å². The normalized spacial score (nSPS) is 12.3. The highest BCUT2D eigenvalue weighted by molar-refractivity contribution is 6.05. The molecule has 1 atom stereocenters. The number of hydrogen-bond acceptors (Lipinski definition) is 3. The number of aryl methyl sites for hydroxylation is 3. The average Bonchev–Trinajstić information content (AvgIpc) is 3.21. The predicted molar refractivity (Wildman–Crippen MR) is 118 cm³/mol. The molecule has 0 aliphatic carbocycles. The van der Waals surface area contributed by atoms with Gasteiger partial charge in [-0.25, -0.2) is 0 Å². The molecule has 0 aliphatic rings. The number of hydrogen-bond donors (Lipinski definition) is 2. The van der Waals surface area contributed by atoms with Crippen LogP contribution in [0.1, 0.15) is 51.3 Å². The molecule has 0 unspecified atom stereocenters. The molecule has 1 aromatic heterocycles. The molecule has 0 radical (unpaired) electrons. The molecule has 30 heavy (non-hydrogen) atoms. The third kappa shape index (κ3) is 5.26. The molecule has 3 aromatic rings. The van der Waals surface area contributed by atoms with E-state index in [-0.39, 0.29) is 23.6 Å². The zero-order valence-electron chi connectivity index (χ0n) is 17.7. The molecule has 5 nitrogen and oxygen atoms in total. The number of rotatable bonds is 6. The summed E-state index contributed by atoms with van der Waals surface area (Å²) in [4.78, 5) is 25.7. The average molecular weight is 402 g/mol. The number of benzene rings is 2. The lowest BCUT2D eigenvalue weighted by Crippen LogP contribution is -2.36. The van der Waals surface area contributed by atoms with Crippen LogP contribution in [0.3, 0.4) is 0 Å². The maximum absolute atomic E-state index is 13.0. The van der Waals surface area contributed by atoms with E-state index in [1.807, 2.05) is 52.0 Å². The van der Waals surface area contributed by atoms with Gasteiger partial charge in [0.05, 0.1) is 12.3 Å². The van der Waals surface area contributed by atoms with Crippen molar-refractivity contribution in [3.05, 3.63) is 100 Å². The highest BCUT2D eigenvalue weighted by Crippen LogP contribution is 2.19. The molecule has 2 aromatic carbocycles. The van der Waals surface area contributed by atoms with E-state index in [1.165, 1.54) is 17.9 Å². The lowest BCUT2D eigenvalue weighted by atomic mass is 10.00. The van der Waals surface area contributed by atoms with Crippen molar-refractivity contribution in [1.82, 2.24) is 10.6 Å². The first kappa shape index (κ1) is 21.1. The van der Waals surface area contributed by atoms with Crippen LogP contribution in [0.4, 0.5) is 0 Å². The molecule has 3 rings (SSSR count). The Balaban J connectivity index is 1.82. The van der Waals surface area contributed by atoms with E-state index in [2.05, 4.69) is 16.7 Å². The molecule has 0 saturated carbocycles. The van der Waals surface area contributed by atoms with Crippen LogP contribution < -0.4 is 10.6 Å². The molecule has 0 saturated heterocycles. The van der Waals surface area contributed by atoms with Crippen molar-refractivity contribution in [2.75, 3.05) is 0 Å². The fourth-order valence-electron chi connectivity index (χ4n) is 3.24. The number of nitrogens with one attached hydrogen (secondary N) is 2. The molecule has 2 amide bonds. The second-order valence-corrected chi connectivity index (χ2v) is 7.45. The fraction of sp³-hybridized carbons (Fsp3) is 0.200. The smallest absolute Gasteiger partial charge is 0.268 e. The second kappa shape index (κ2) is 9.27. The van der Waals surface area contributed by atoms with Crippen LogP contribution in [0.2, 0.25) is 0 Å². The monoisotopic (exact) mass is 402 g/mol. The van der Waals surface area contributed by atoms with Gasteiger partial charge in [0.25, 0.3) is 11.8 Å². The van der Waals surface area contributed by atoms with Crippen molar-refractivity contribution in [2.45, 2.75) is 33.7 Å². The third-order valence-electron chi connectivity index (χ3n) is 4.88. The standard InChI is InChI=1S/C25H26N2O3/c1-16-7-10-20(11-8-16)24(28)27-23(15-21-6-5-13-30-21)25(29)26-19(4)22-12-9-17(2)14-18(22)3/h5-15,19H,1-4H3,(H,26,29)(H,27,28)/b23-15-/t19-/m0/s1. The summed E-state index contributed by atoms with van der Waals surface area (Å²) in [5.41, 5.74) is 4.93. The van der Waals surface area contributed by atoms with E-state index >= 15 is 0 Å². The maximum Gasteiger partial charge on any atom is 0.268 e. The SMILES string of the molecule is Cc1ccc(C(=O)N/C(=C\c2ccco2)C(=O)N[C@@H](C)c2ccc(C)cc2C)cc1. The van der Waals surface area contributed by atoms with E-state index < -0.39 is 0 Å². The Morgan fingerprint density at radius 1 is 0.967 bits per heavy atom. The van der Waals surface area contributed by atoms with Crippen LogP contribution in [0.25, 0.3) is 6.08 Å². The molecule has 1 heterocycles. The first-order valence-corrected chi connectivity index (χ1v) is 9.84. The van der Waals surface area contributed by atoms with Gasteiger partial charge in [-0.05, 0) is 63.1 Å². The summed E-state index contributed by atoms with van der Waals surface area (Å²) < 4.78 is 5.33. The lowest BCUT2D eigenvalue weighted by Gasteiger charge is -2.18. The number of carbonyl (C=O) groups excluding carboxylic acids is 2. The Morgan fingerprint density at radius 3 is 2.30 bits per heavy atom. The van der Waals surface area contributed by atoms with Crippen molar-refractivity contribution >= 4 is 17.9 Å². The van der Waals surface area contributed by atoms with E-state index in [1.54, 1.807) is 24.3 Å². The number of carbonyl (C=O) groups is 2. The molecule has 0 bridgehead atoms. The van der Waals surface area contributed by atoms with Gasteiger partial charge in [-0.1, -0.05) is 41.5 Å². The maximum atomic E-state index is 13.0. The van der Waals surface area contributed by atoms with Gasteiger partial charge >= 0.3 is 0 Å². The van der Waals surface area contributed by atoms with Gasteiger partial charge in [-0.2, -0.15) is 0 Å². The summed E-state index contributed by atoms with van der Waals surface area (Å²) in [5, 5.41) is 5.69. The van der Waals surface area contributed by atoms with Gasteiger partial charge in [0.1, 0.15) is 11.5 Å². The summed E-state index contributed by atoms with van der Waals surface area (Å²) in [6.07, 6.45) is 3.04. The quantitative estimate of drug-likeness (QED) is 0.579. The minimum atomic E-state index is -0.390. The van der Waals surface area contributed by atoms with Gasteiger partial charge < -0.3 is 15.1 Å². The summed E-state index contributed by atoms with van der Waals surface area (Å²) in [7, 11) is 0. The van der Waals surface area contributed by atoms with Gasteiger partial charge in [0.15, 0.2) is 0 Å². The van der Waals surface area contributed by atoms with E-state index in [0.29, 0.717) is 11.3 Å². The van der Waals surface area contributed by atoms with Crippen LogP contribution >= 0.6 is 0 Å². The Bertz CT molecular complexity index is 1060. The second-order valence-electron chi connectivity index (χ2n) is 7.45. The molecule has 0 aliphatic heterocycles. The van der Waals surface area contributed by atoms with E-state index in [4.69, 9.17) is 4.42 Å². The number of furan rings is 1. The van der Waals surface area contributed by atoms with Crippen molar-refractivity contribution in [1.29, 1.82) is 0 Å². The minimum absolute atomic E-state index is 0.118. The fourth-order valence-corrected chi connectivity index (χ4v) is 3.24. The molecule has 2 N–H and O–H groups in total. The van der Waals surface area contributed by atoms with Gasteiger partial charge in [-0.15, -0.1) is 0 Å². The third-order valence-corrected chi connectivity index (χ3v) is 4.88. The molecular formula is C25H26N2O3. The van der Waals surface area contributed by atoms with E-state index in [9.17, 15) is 9.59 Å². The largest absolute Gasteiger partial charge is 0.465 e. The lowest BCUT2D eigenvalue weighted by molar-refractivity contribution is -0.118. The van der Waals surface area contributed by atoms with Crippen LogP contribution in [-0.2, 0) is 4.79 Å². The zero-order valence-corrected chi connectivity index (χ0v) is 17.7. The van der Waals surface area contributed by atoms with Crippen LogP contribution in [0.5, 0.6) is 0 Å². The van der Waals surface area contributed by atoms with Crippen molar-refractivity contribution in [3.8, 4) is 0 Å². The Morgan fingerprint density at radius 2 is 1.67 bits per heavy atom. The van der Waals surface area contributed by atoms with Crippen molar-refractivity contribution in [2.24, 2.45) is 0 Å². The molecule has 0 spiro atoms.